The highest BCUT2D eigenvalue weighted by molar-refractivity contribution is 9.10. The number of hydrogen-bond acceptors (Lipinski definition) is 3. The average molecular weight is 278 g/mol. The van der Waals surface area contributed by atoms with Crippen LogP contribution in [0, 0.1) is 5.82 Å². The third-order valence-electron chi connectivity index (χ3n) is 2.29. The molecule has 0 aliphatic rings. The first-order valence-electron chi connectivity index (χ1n) is 4.35. The Balaban J connectivity index is 3.17. The Kier molecular flexibility index (Phi) is 4.21. The third kappa shape index (κ3) is 2.36. The minimum atomic E-state index is -1.02. The van der Waals surface area contributed by atoms with E-state index in [2.05, 4.69) is 15.9 Å². The Morgan fingerprint density at radius 2 is 2.00 bits per heavy atom. The zero-order chi connectivity index (χ0) is 11.5. The van der Waals surface area contributed by atoms with Crippen LogP contribution in [0.2, 0.25) is 0 Å². The first kappa shape index (κ1) is 12.6. The van der Waals surface area contributed by atoms with Crippen LogP contribution >= 0.6 is 15.9 Å². The second kappa shape index (κ2) is 5.03. The lowest BCUT2D eigenvalue weighted by atomic mass is 10.1. The Morgan fingerprint density at radius 1 is 1.40 bits per heavy atom. The number of methoxy groups -OCH3 is 2. The van der Waals surface area contributed by atoms with Gasteiger partial charge in [-0.2, -0.15) is 0 Å². The molecule has 0 saturated heterocycles. The van der Waals surface area contributed by atoms with Crippen molar-refractivity contribution in [1.29, 1.82) is 0 Å². The molecule has 1 aromatic rings. The largest absolute Gasteiger partial charge is 0.348 e. The fourth-order valence-electron chi connectivity index (χ4n) is 1.34. The molecule has 3 nitrogen and oxygen atoms in total. The van der Waals surface area contributed by atoms with E-state index in [4.69, 9.17) is 15.2 Å². The van der Waals surface area contributed by atoms with Crippen LogP contribution < -0.4 is 5.73 Å². The number of hydrogen-bond donors (Lipinski definition) is 1. The topological polar surface area (TPSA) is 44.5 Å². The van der Waals surface area contributed by atoms with Gasteiger partial charge in [0.15, 0.2) is 0 Å². The van der Waals surface area contributed by atoms with Crippen molar-refractivity contribution in [2.24, 2.45) is 5.73 Å². The minimum absolute atomic E-state index is 0.151. The maximum atomic E-state index is 13.0. The first-order valence-corrected chi connectivity index (χ1v) is 5.15. The highest BCUT2D eigenvalue weighted by Gasteiger charge is 2.30. The van der Waals surface area contributed by atoms with Crippen LogP contribution in [0.4, 0.5) is 4.39 Å². The lowest BCUT2D eigenvalue weighted by Crippen LogP contribution is -2.38. The van der Waals surface area contributed by atoms with Crippen LogP contribution in [0.25, 0.3) is 0 Å². The van der Waals surface area contributed by atoms with Crippen molar-refractivity contribution < 1.29 is 13.9 Å². The van der Waals surface area contributed by atoms with Gasteiger partial charge in [0.2, 0.25) is 5.79 Å². The van der Waals surface area contributed by atoms with E-state index >= 15 is 0 Å². The number of nitrogens with two attached hydrogens (primary N) is 1. The van der Waals surface area contributed by atoms with Gasteiger partial charge in [-0.25, -0.2) is 4.39 Å². The van der Waals surface area contributed by atoms with Gasteiger partial charge in [0.25, 0.3) is 0 Å². The zero-order valence-electron chi connectivity index (χ0n) is 8.59. The molecule has 0 unspecified atom stereocenters. The molecule has 0 heterocycles. The van der Waals surface area contributed by atoms with Gasteiger partial charge >= 0.3 is 0 Å². The summed E-state index contributed by atoms with van der Waals surface area (Å²) >= 11 is 3.10. The van der Waals surface area contributed by atoms with Crippen LogP contribution in [0.5, 0.6) is 0 Å². The Hall–Kier alpha value is -0.490. The molecule has 0 amide bonds. The van der Waals surface area contributed by atoms with Gasteiger partial charge in [-0.3, -0.25) is 0 Å². The summed E-state index contributed by atoms with van der Waals surface area (Å²) in [6.45, 7) is 0.151. The van der Waals surface area contributed by atoms with Gasteiger partial charge < -0.3 is 15.2 Å². The summed E-state index contributed by atoms with van der Waals surface area (Å²) in [4.78, 5) is 0. The van der Waals surface area contributed by atoms with Crippen molar-refractivity contribution in [1.82, 2.24) is 0 Å². The summed E-state index contributed by atoms with van der Waals surface area (Å²) in [6, 6.07) is 4.51. The fourth-order valence-corrected chi connectivity index (χ4v) is 1.72. The molecule has 1 rings (SSSR count). The fraction of sp³-hybridized carbons (Fsp3) is 0.400. The van der Waals surface area contributed by atoms with E-state index in [-0.39, 0.29) is 12.4 Å². The molecule has 1 aromatic carbocycles. The summed E-state index contributed by atoms with van der Waals surface area (Å²) < 4.78 is 23.8. The molecule has 0 saturated carbocycles. The summed E-state index contributed by atoms with van der Waals surface area (Å²) in [5.74, 6) is -1.35. The van der Waals surface area contributed by atoms with Crippen LogP contribution in [0.3, 0.4) is 0 Å². The van der Waals surface area contributed by atoms with Crippen molar-refractivity contribution in [3.63, 3.8) is 0 Å². The molecule has 0 radical (unpaired) electrons. The van der Waals surface area contributed by atoms with Gasteiger partial charge in [0, 0.05) is 19.8 Å². The smallest absolute Gasteiger partial charge is 0.207 e. The normalized spacial score (nSPS) is 11.8. The van der Waals surface area contributed by atoms with E-state index in [1.54, 1.807) is 12.1 Å². The molecule has 0 fully saturated rings. The summed E-state index contributed by atoms with van der Waals surface area (Å²) in [5, 5.41) is 0. The van der Waals surface area contributed by atoms with Gasteiger partial charge in [0.05, 0.1) is 11.0 Å². The Bertz CT molecular complexity index is 334. The first-order chi connectivity index (χ1) is 7.09. The molecule has 5 heteroatoms. The zero-order valence-corrected chi connectivity index (χ0v) is 10.2. The molecule has 15 heavy (non-hydrogen) atoms. The maximum absolute atomic E-state index is 13.0. The molecule has 84 valence electrons. The minimum Gasteiger partial charge on any atom is -0.348 e. The van der Waals surface area contributed by atoms with Gasteiger partial charge in [-0.15, -0.1) is 0 Å². The molecule has 0 atom stereocenters. The second-order valence-electron chi connectivity index (χ2n) is 2.99. The monoisotopic (exact) mass is 277 g/mol. The summed E-state index contributed by atoms with van der Waals surface area (Å²) in [7, 11) is 2.99. The molecule has 0 aliphatic carbocycles. The Morgan fingerprint density at radius 3 is 2.40 bits per heavy atom. The SMILES string of the molecule is COC(CN)(OC)c1ccc(F)c(Br)c1. The highest BCUT2D eigenvalue weighted by atomic mass is 79.9. The molecular formula is C10H13BrFNO2. The average Bonchev–Trinajstić information content (AvgIpc) is 2.26. The number of ether oxygens (including phenoxy) is 2. The lowest BCUT2D eigenvalue weighted by molar-refractivity contribution is -0.208. The van der Waals surface area contributed by atoms with Gasteiger partial charge in [0.1, 0.15) is 5.82 Å². The molecule has 0 spiro atoms. The van der Waals surface area contributed by atoms with Crippen molar-refractivity contribution in [2.75, 3.05) is 20.8 Å². The van der Waals surface area contributed by atoms with Crippen LogP contribution in [-0.2, 0) is 15.3 Å². The van der Waals surface area contributed by atoms with Crippen molar-refractivity contribution in [3.05, 3.63) is 34.1 Å². The molecule has 0 aliphatic heterocycles. The van der Waals surface area contributed by atoms with Crippen LogP contribution in [0.15, 0.2) is 22.7 Å². The molecule has 0 bridgehead atoms. The van der Waals surface area contributed by atoms with E-state index in [0.29, 0.717) is 10.0 Å². The van der Waals surface area contributed by atoms with Crippen molar-refractivity contribution >= 4 is 15.9 Å². The quantitative estimate of drug-likeness (QED) is 0.857. The molecule has 2 N–H and O–H groups in total. The van der Waals surface area contributed by atoms with E-state index < -0.39 is 5.79 Å². The second-order valence-corrected chi connectivity index (χ2v) is 3.85. The van der Waals surface area contributed by atoms with E-state index in [9.17, 15) is 4.39 Å². The van der Waals surface area contributed by atoms with Crippen molar-refractivity contribution in [3.8, 4) is 0 Å². The predicted molar refractivity (Wildman–Crippen MR) is 58.9 cm³/mol. The van der Waals surface area contributed by atoms with Gasteiger partial charge in [-0.1, -0.05) is 6.07 Å². The lowest BCUT2D eigenvalue weighted by Gasteiger charge is -2.29. The molecular weight excluding hydrogens is 265 g/mol. The van der Waals surface area contributed by atoms with E-state index in [1.165, 1.54) is 20.3 Å². The third-order valence-corrected chi connectivity index (χ3v) is 2.90. The highest BCUT2D eigenvalue weighted by Crippen LogP contribution is 2.28. The van der Waals surface area contributed by atoms with Gasteiger partial charge in [-0.05, 0) is 28.1 Å². The maximum Gasteiger partial charge on any atom is 0.207 e. The standard InChI is InChI=1S/C10H13BrFNO2/c1-14-10(6-13,15-2)7-3-4-9(12)8(11)5-7/h3-5H,6,13H2,1-2H3. The number of benzene rings is 1. The Labute approximate surface area is 96.5 Å². The predicted octanol–water partition coefficient (Wildman–Crippen LogP) is 1.99. The number of halogens is 2. The van der Waals surface area contributed by atoms with E-state index in [1.807, 2.05) is 0 Å². The summed E-state index contributed by atoms with van der Waals surface area (Å²) in [6.07, 6.45) is 0. The van der Waals surface area contributed by atoms with Crippen molar-refractivity contribution in [2.45, 2.75) is 5.79 Å². The van der Waals surface area contributed by atoms with Crippen LogP contribution in [0.1, 0.15) is 5.56 Å². The molecule has 0 aromatic heterocycles. The van der Waals surface area contributed by atoms with Crippen LogP contribution in [-0.4, -0.2) is 20.8 Å². The van der Waals surface area contributed by atoms with E-state index in [0.717, 1.165) is 0 Å². The number of rotatable bonds is 4. The summed E-state index contributed by atoms with van der Waals surface area (Å²) in [5.41, 5.74) is 6.26.